The van der Waals surface area contributed by atoms with Crippen molar-refractivity contribution >= 4 is 12.1 Å². The molecule has 0 aromatic heterocycles. The molecule has 2 heterocycles. The van der Waals surface area contributed by atoms with E-state index in [2.05, 4.69) is 5.10 Å². The highest BCUT2D eigenvalue weighted by molar-refractivity contribution is 5.94. The van der Waals surface area contributed by atoms with Crippen LogP contribution in [0.3, 0.4) is 0 Å². The molecule has 0 saturated carbocycles. The summed E-state index contributed by atoms with van der Waals surface area (Å²) >= 11 is 0. The maximum absolute atomic E-state index is 12.9. The van der Waals surface area contributed by atoms with Crippen molar-refractivity contribution in [2.75, 3.05) is 20.1 Å². The van der Waals surface area contributed by atoms with Crippen molar-refractivity contribution in [2.45, 2.75) is 44.2 Å². The Morgan fingerprint density at radius 3 is 2.27 bits per heavy atom. The first-order chi connectivity index (χ1) is 14.4. The third-order valence-electron chi connectivity index (χ3n) is 6.12. The van der Waals surface area contributed by atoms with Crippen LogP contribution in [0, 0.1) is 6.92 Å². The number of carbonyl (C=O) groups excluding carboxylic acids is 1. The summed E-state index contributed by atoms with van der Waals surface area (Å²) in [5.41, 5.74) is 1.09. The van der Waals surface area contributed by atoms with E-state index in [1.54, 1.807) is 12.1 Å². The standard InChI is InChI=1S/C24H29N3O3/c1-18-3-7-21(8-4-18)30-22-9-5-19(6-10-22)23(28)27-15-12-24(29,13-16-27)17-20-11-14-25-26(20)2/h3-10,14,20,29H,11-13,15-17H2,1-2H3. The fraction of sp³-hybridized carbons (Fsp3) is 0.417. The quantitative estimate of drug-likeness (QED) is 0.818. The molecule has 1 saturated heterocycles. The lowest BCUT2D eigenvalue weighted by atomic mass is 9.84. The van der Waals surface area contributed by atoms with Gasteiger partial charge in [-0.25, -0.2) is 0 Å². The lowest BCUT2D eigenvalue weighted by Gasteiger charge is -2.40. The molecule has 1 unspecified atom stereocenters. The Morgan fingerprint density at radius 2 is 1.70 bits per heavy atom. The number of amides is 1. The zero-order valence-corrected chi connectivity index (χ0v) is 17.6. The SMILES string of the molecule is Cc1ccc(Oc2ccc(C(=O)N3CCC(O)(CC4CC=NN4C)CC3)cc2)cc1. The number of ether oxygens (including phenoxy) is 1. The van der Waals surface area contributed by atoms with E-state index in [0.717, 1.165) is 12.2 Å². The molecule has 6 nitrogen and oxygen atoms in total. The number of piperidine rings is 1. The van der Waals surface area contributed by atoms with Crippen LogP contribution in [0.2, 0.25) is 0 Å². The molecule has 30 heavy (non-hydrogen) atoms. The number of benzene rings is 2. The van der Waals surface area contributed by atoms with E-state index in [9.17, 15) is 9.90 Å². The van der Waals surface area contributed by atoms with Gasteiger partial charge >= 0.3 is 0 Å². The second-order valence-electron chi connectivity index (χ2n) is 8.42. The summed E-state index contributed by atoms with van der Waals surface area (Å²) in [6.07, 6.45) is 4.66. The summed E-state index contributed by atoms with van der Waals surface area (Å²) < 4.78 is 5.84. The molecule has 6 heteroatoms. The molecule has 1 fully saturated rings. The Balaban J connectivity index is 1.32. The van der Waals surface area contributed by atoms with E-state index in [1.807, 2.05) is 66.5 Å². The van der Waals surface area contributed by atoms with Crippen LogP contribution in [0.1, 0.15) is 41.6 Å². The Morgan fingerprint density at radius 1 is 1.10 bits per heavy atom. The fourth-order valence-corrected chi connectivity index (χ4v) is 4.12. The van der Waals surface area contributed by atoms with Gasteiger partial charge in [0.25, 0.3) is 5.91 Å². The van der Waals surface area contributed by atoms with Gasteiger partial charge in [-0.05, 0) is 62.6 Å². The number of aliphatic hydroxyl groups is 1. The third-order valence-corrected chi connectivity index (χ3v) is 6.12. The number of likely N-dealkylation sites (tertiary alicyclic amines) is 1. The lowest BCUT2D eigenvalue weighted by molar-refractivity contribution is -0.0368. The highest BCUT2D eigenvalue weighted by Crippen LogP contribution is 2.31. The van der Waals surface area contributed by atoms with Crippen molar-refractivity contribution in [3.8, 4) is 11.5 Å². The molecule has 2 aromatic rings. The number of nitrogens with zero attached hydrogens (tertiary/aromatic N) is 3. The number of hydrogen-bond donors (Lipinski definition) is 1. The minimum Gasteiger partial charge on any atom is -0.457 e. The van der Waals surface area contributed by atoms with Gasteiger partial charge in [-0.1, -0.05) is 17.7 Å². The molecule has 0 bridgehead atoms. The topological polar surface area (TPSA) is 65.4 Å². The Hall–Kier alpha value is -2.86. The second kappa shape index (κ2) is 8.48. The van der Waals surface area contributed by atoms with Gasteiger partial charge < -0.3 is 14.7 Å². The monoisotopic (exact) mass is 407 g/mol. The summed E-state index contributed by atoms with van der Waals surface area (Å²) in [5.74, 6) is 1.47. The first kappa shape index (κ1) is 20.4. The van der Waals surface area contributed by atoms with Crippen LogP contribution in [0.5, 0.6) is 11.5 Å². The highest BCUT2D eigenvalue weighted by Gasteiger charge is 2.37. The maximum atomic E-state index is 12.9. The van der Waals surface area contributed by atoms with Crippen LogP contribution < -0.4 is 4.74 Å². The highest BCUT2D eigenvalue weighted by atomic mass is 16.5. The lowest BCUT2D eigenvalue weighted by Crippen LogP contribution is -2.49. The van der Waals surface area contributed by atoms with Crippen molar-refractivity contribution < 1.29 is 14.6 Å². The van der Waals surface area contributed by atoms with Crippen LogP contribution in [-0.2, 0) is 0 Å². The predicted molar refractivity (Wildman–Crippen MR) is 117 cm³/mol. The Kier molecular flexibility index (Phi) is 5.77. The van der Waals surface area contributed by atoms with Crippen LogP contribution in [-0.4, -0.2) is 58.9 Å². The summed E-state index contributed by atoms with van der Waals surface area (Å²) in [6, 6.07) is 15.4. The first-order valence-corrected chi connectivity index (χ1v) is 10.5. The van der Waals surface area contributed by atoms with Gasteiger partial charge in [-0.15, -0.1) is 0 Å². The molecule has 0 spiro atoms. The number of hydrogen-bond acceptors (Lipinski definition) is 5. The smallest absolute Gasteiger partial charge is 0.253 e. The van der Waals surface area contributed by atoms with E-state index in [4.69, 9.17) is 4.74 Å². The van der Waals surface area contributed by atoms with E-state index in [0.29, 0.717) is 43.7 Å². The summed E-state index contributed by atoms with van der Waals surface area (Å²) in [7, 11) is 1.95. The second-order valence-corrected chi connectivity index (χ2v) is 8.42. The number of rotatable bonds is 5. The largest absolute Gasteiger partial charge is 0.457 e. The van der Waals surface area contributed by atoms with Crippen molar-refractivity contribution in [3.05, 3.63) is 59.7 Å². The minimum absolute atomic E-state index is 0.000235. The predicted octanol–water partition coefficient (Wildman–Crippen LogP) is 3.83. The zero-order chi connectivity index (χ0) is 21.1. The van der Waals surface area contributed by atoms with Crippen molar-refractivity contribution in [3.63, 3.8) is 0 Å². The molecule has 1 atom stereocenters. The average Bonchev–Trinajstić information content (AvgIpc) is 3.14. The van der Waals surface area contributed by atoms with Gasteiger partial charge in [0.2, 0.25) is 0 Å². The molecule has 158 valence electrons. The molecule has 4 rings (SSSR count). The minimum atomic E-state index is -0.727. The first-order valence-electron chi connectivity index (χ1n) is 10.5. The molecule has 0 radical (unpaired) electrons. The van der Waals surface area contributed by atoms with Gasteiger partial charge in [0.15, 0.2) is 0 Å². The van der Waals surface area contributed by atoms with Crippen molar-refractivity contribution in [1.82, 2.24) is 9.91 Å². The average molecular weight is 408 g/mol. The molecule has 1 N–H and O–H groups in total. The van der Waals surface area contributed by atoms with Gasteiger partial charge in [0, 0.05) is 38.3 Å². The third kappa shape index (κ3) is 4.65. The normalized spacial score (nSPS) is 20.4. The zero-order valence-electron chi connectivity index (χ0n) is 17.6. The van der Waals surface area contributed by atoms with Crippen LogP contribution >= 0.6 is 0 Å². The van der Waals surface area contributed by atoms with Crippen LogP contribution in [0.25, 0.3) is 0 Å². The number of carbonyl (C=O) groups is 1. The summed E-state index contributed by atoms with van der Waals surface area (Å²) in [6.45, 7) is 3.16. The van der Waals surface area contributed by atoms with Gasteiger partial charge in [0.05, 0.1) is 11.6 Å². The fourth-order valence-electron chi connectivity index (χ4n) is 4.12. The molecule has 2 aromatic carbocycles. The molecular weight excluding hydrogens is 378 g/mol. The van der Waals surface area contributed by atoms with Gasteiger partial charge in [-0.3, -0.25) is 9.80 Å². The molecular formula is C24H29N3O3. The molecule has 1 amide bonds. The van der Waals surface area contributed by atoms with E-state index >= 15 is 0 Å². The van der Waals surface area contributed by atoms with Gasteiger partial charge in [0.1, 0.15) is 11.5 Å². The molecule has 2 aliphatic rings. The van der Waals surface area contributed by atoms with E-state index < -0.39 is 5.60 Å². The maximum Gasteiger partial charge on any atom is 0.253 e. The molecule has 0 aliphatic carbocycles. The van der Waals surface area contributed by atoms with E-state index in [-0.39, 0.29) is 11.9 Å². The van der Waals surface area contributed by atoms with Crippen LogP contribution in [0.4, 0.5) is 0 Å². The summed E-state index contributed by atoms with van der Waals surface area (Å²) in [4.78, 5) is 14.7. The molecule has 2 aliphatic heterocycles. The Bertz CT molecular complexity index is 900. The Labute approximate surface area is 177 Å². The van der Waals surface area contributed by atoms with Crippen molar-refractivity contribution in [1.29, 1.82) is 0 Å². The number of aryl methyl sites for hydroxylation is 1. The summed E-state index contributed by atoms with van der Waals surface area (Å²) in [5, 5.41) is 17.2. The van der Waals surface area contributed by atoms with Gasteiger partial charge in [-0.2, -0.15) is 5.10 Å². The van der Waals surface area contributed by atoms with Crippen LogP contribution in [0.15, 0.2) is 53.6 Å². The van der Waals surface area contributed by atoms with Crippen molar-refractivity contribution in [2.24, 2.45) is 5.10 Å². The number of hydrazone groups is 1. The van der Waals surface area contributed by atoms with E-state index in [1.165, 1.54) is 5.56 Å².